The van der Waals surface area contributed by atoms with Gasteiger partial charge in [-0.05, 0) is 112 Å². The lowest BCUT2D eigenvalue weighted by Gasteiger charge is -2.61. The molecule has 4 aliphatic rings. The Morgan fingerprint density at radius 2 is 1.77 bits per heavy atom. The van der Waals surface area contributed by atoms with Crippen molar-refractivity contribution < 1.29 is 19.1 Å². The average molecular weight is 485 g/mol. The van der Waals surface area contributed by atoms with Gasteiger partial charge in [-0.2, -0.15) is 5.10 Å². The van der Waals surface area contributed by atoms with Gasteiger partial charge >= 0.3 is 5.97 Å². The largest absolute Gasteiger partial charge is 0.461 e. The Labute approximate surface area is 210 Å². The van der Waals surface area contributed by atoms with Gasteiger partial charge in [0, 0.05) is 18.7 Å². The Balaban J connectivity index is 1.29. The highest BCUT2D eigenvalue weighted by molar-refractivity contribution is 5.87. The Morgan fingerprint density at radius 1 is 1.00 bits per heavy atom. The predicted octanol–water partition coefficient (Wildman–Crippen LogP) is 5.69. The Bertz CT molecular complexity index is 943. The molecule has 0 radical (unpaired) electrons. The second kappa shape index (κ2) is 9.64. The summed E-state index contributed by atoms with van der Waals surface area (Å²) in [4.78, 5) is 25.5. The summed E-state index contributed by atoms with van der Waals surface area (Å²) in [6.45, 7) is 10.3. The fourth-order valence-corrected chi connectivity index (χ4v) is 9.25. The lowest BCUT2D eigenvalue weighted by molar-refractivity contribution is -0.145. The number of rotatable bonds is 7. The van der Waals surface area contributed by atoms with Crippen molar-refractivity contribution in [1.82, 2.24) is 9.78 Å². The molecule has 8 atom stereocenters. The Morgan fingerprint density at radius 3 is 2.54 bits per heavy atom. The van der Waals surface area contributed by atoms with Gasteiger partial charge < -0.3 is 9.47 Å². The number of Topliss-reactive ketones (excluding diaryl/α,β-unsaturated/α-hetero) is 1. The van der Waals surface area contributed by atoms with E-state index in [9.17, 15) is 9.59 Å². The van der Waals surface area contributed by atoms with Crippen molar-refractivity contribution in [3.8, 4) is 0 Å². The standard InChI is InChI=1S/C29H44N2O4/c1-5-34-20-9-7-19-8-10-21-22-11-12-24(28(22,3)15-13-23(21)29(19,4)17-20)26(32)18-31-16-14-25(30-31)27(33)35-6-2/h14,16,19-24H,5-13,15,17-18H2,1-4H3. The van der Waals surface area contributed by atoms with Crippen LogP contribution in [-0.4, -0.2) is 40.9 Å². The van der Waals surface area contributed by atoms with E-state index in [2.05, 4.69) is 25.9 Å². The van der Waals surface area contributed by atoms with E-state index in [4.69, 9.17) is 9.47 Å². The molecule has 0 bridgehead atoms. The highest BCUT2D eigenvalue weighted by atomic mass is 16.5. The lowest BCUT2D eigenvalue weighted by Crippen LogP contribution is -2.54. The number of aromatic nitrogens is 2. The summed E-state index contributed by atoms with van der Waals surface area (Å²) in [5.74, 6) is 2.95. The average Bonchev–Trinajstić information content (AvgIpc) is 3.43. The van der Waals surface area contributed by atoms with E-state index >= 15 is 0 Å². The van der Waals surface area contributed by atoms with Crippen molar-refractivity contribution >= 4 is 11.8 Å². The first-order chi connectivity index (χ1) is 16.8. The van der Waals surface area contributed by atoms with Crippen LogP contribution in [0, 0.1) is 40.4 Å². The highest BCUT2D eigenvalue weighted by Crippen LogP contribution is 2.67. The predicted molar refractivity (Wildman–Crippen MR) is 134 cm³/mol. The zero-order chi connectivity index (χ0) is 24.8. The third-order valence-electron chi connectivity index (χ3n) is 10.8. The summed E-state index contributed by atoms with van der Waals surface area (Å²) >= 11 is 0. The van der Waals surface area contributed by atoms with Crippen LogP contribution in [0.3, 0.4) is 0 Å². The van der Waals surface area contributed by atoms with E-state index in [0.717, 1.165) is 37.2 Å². The number of fused-ring (bicyclic) bond motifs is 5. The second-order valence-corrected chi connectivity index (χ2v) is 12.3. The van der Waals surface area contributed by atoms with Gasteiger partial charge in [-0.1, -0.05) is 13.8 Å². The molecule has 1 aromatic heterocycles. The molecule has 4 saturated carbocycles. The smallest absolute Gasteiger partial charge is 0.358 e. The fraction of sp³-hybridized carbons (Fsp3) is 0.828. The summed E-state index contributed by atoms with van der Waals surface area (Å²) < 4.78 is 12.8. The quantitative estimate of drug-likeness (QED) is 0.465. The van der Waals surface area contributed by atoms with Crippen LogP contribution in [0.2, 0.25) is 0 Å². The number of nitrogens with zero attached hydrogens (tertiary/aromatic N) is 2. The van der Waals surface area contributed by atoms with E-state index in [0.29, 0.717) is 24.0 Å². The summed E-state index contributed by atoms with van der Waals surface area (Å²) in [5, 5.41) is 4.32. The van der Waals surface area contributed by atoms with Crippen molar-refractivity contribution in [3.63, 3.8) is 0 Å². The van der Waals surface area contributed by atoms with Crippen LogP contribution in [0.15, 0.2) is 12.3 Å². The van der Waals surface area contributed by atoms with Crippen LogP contribution in [-0.2, 0) is 20.8 Å². The van der Waals surface area contributed by atoms with Gasteiger partial charge in [-0.25, -0.2) is 4.79 Å². The fourth-order valence-electron chi connectivity index (χ4n) is 9.25. The van der Waals surface area contributed by atoms with E-state index < -0.39 is 5.97 Å². The van der Waals surface area contributed by atoms with Crippen LogP contribution in [0.25, 0.3) is 0 Å². The summed E-state index contributed by atoms with van der Waals surface area (Å²) in [7, 11) is 0. The monoisotopic (exact) mass is 484 g/mol. The van der Waals surface area contributed by atoms with Crippen molar-refractivity contribution in [3.05, 3.63) is 18.0 Å². The molecular weight excluding hydrogens is 440 g/mol. The van der Waals surface area contributed by atoms with Gasteiger partial charge in [0.25, 0.3) is 0 Å². The number of carbonyl (C=O) groups excluding carboxylic acids is 2. The molecule has 194 valence electrons. The molecular formula is C29H44N2O4. The number of carbonyl (C=O) groups is 2. The molecule has 4 fully saturated rings. The number of ketones is 1. The third-order valence-corrected chi connectivity index (χ3v) is 10.8. The minimum atomic E-state index is -0.428. The molecule has 0 N–H and O–H groups in total. The van der Waals surface area contributed by atoms with E-state index in [1.807, 2.05) is 0 Å². The van der Waals surface area contributed by atoms with Crippen molar-refractivity contribution in [2.24, 2.45) is 40.4 Å². The molecule has 0 amide bonds. The minimum Gasteiger partial charge on any atom is -0.461 e. The maximum atomic E-state index is 13.6. The molecule has 5 rings (SSSR count). The van der Waals surface area contributed by atoms with Gasteiger partial charge in [-0.3, -0.25) is 9.48 Å². The summed E-state index contributed by atoms with van der Waals surface area (Å²) in [5.41, 5.74) is 0.758. The van der Waals surface area contributed by atoms with Gasteiger partial charge in [0.2, 0.25) is 0 Å². The van der Waals surface area contributed by atoms with Crippen LogP contribution in [0.1, 0.15) is 96.0 Å². The van der Waals surface area contributed by atoms with Crippen molar-refractivity contribution in [2.75, 3.05) is 13.2 Å². The highest BCUT2D eigenvalue weighted by Gasteiger charge is 2.61. The number of hydrogen-bond donors (Lipinski definition) is 0. The van der Waals surface area contributed by atoms with E-state index in [1.165, 1.54) is 44.9 Å². The number of hydrogen-bond acceptors (Lipinski definition) is 5. The van der Waals surface area contributed by atoms with Crippen LogP contribution in [0.5, 0.6) is 0 Å². The van der Waals surface area contributed by atoms with E-state index in [-0.39, 0.29) is 29.4 Å². The topological polar surface area (TPSA) is 70.4 Å². The minimum absolute atomic E-state index is 0.0898. The molecule has 8 unspecified atom stereocenters. The SMILES string of the molecule is CCOC(=O)c1ccn(CC(=O)C2CCC3C4CCC5CCC(OCC)CC5(C)C4CCC23C)n1. The van der Waals surface area contributed by atoms with Crippen LogP contribution < -0.4 is 0 Å². The number of esters is 1. The molecule has 0 aliphatic heterocycles. The molecule has 6 nitrogen and oxygen atoms in total. The van der Waals surface area contributed by atoms with Gasteiger partial charge in [-0.15, -0.1) is 0 Å². The first-order valence-electron chi connectivity index (χ1n) is 14.1. The second-order valence-electron chi connectivity index (χ2n) is 12.3. The van der Waals surface area contributed by atoms with Crippen molar-refractivity contribution in [1.29, 1.82) is 0 Å². The maximum absolute atomic E-state index is 13.6. The van der Waals surface area contributed by atoms with Crippen LogP contribution in [0.4, 0.5) is 0 Å². The summed E-state index contributed by atoms with van der Waals surface area (Å²) in [6.07, 6.45) is 13.2. The van der Waals surface area contributed by atoms with Crippen molar-refractivity contribution in [2.45, 2.75) is 98.1 Å². The molecule has 0 spiro atoms. The first kappa shape index (κ1) is 25.0. The zero-order valence-corrected chi connectivity index (χ0v) is 22.1. The molecule has 6 heteroatoms. The molecule has 0 saturated heterocycles. The maximum Gasteiger partial charge on any atom is 0.358 e. The van der Waals surface area contributed by atoms with Crippen LogP contribution >= 0.6 is 0 Å². The van der Waals surface area contributed by atoms with Gasteiger partial charge in [0.15, 0.2) is 11.5 Å². The molecule has 1 heterocycles. The molecule has 4 aliphatic carbocycles. The first-order valence-corrected chi connectivity index (χ1v) is 14.1. The molecule has 0 aromatic carbocycles. The summed E-state index contributed by atoms with van der Waals surface area (Å²) in [6, 6.07) is 1.65. The molecule has 1 aromatic rings. The van der Waals surface area contributed by atoms with Gasteiger partial charge in [0.05, 0.1) is 19.3 Å². The Kier molecular flexibility index (Phi) is 6.88. The Hall–Kier alpha value is -1.69. The lowest BCUT2D eigenvalue weighted by atomic mass is 9.44. The molecule has 35 heavy (non-hydrogen) atoms. The zero-order valence-electron chi connectivity index (χ0n) is 22.1. The third kappa shape index (κ3) is 4.28. The number of ether oxygens (including phenoxy) is 2. The normalized spacial score (nSPS) is 40.5. The van der Waals surface area contributed by atoms with Gasteiger partial charge in [0.1, 0.15) is 0 Å². The van der Waals surface area contributed by atoms with E-state index in [1.54, 1.807) is 23.9 Å².